The van der Waals surface area contributed by atoms with Crippen molar-refractivity contribution < 1.29 is 9.53 Å². The van der Waals surface area contributed by atoms with Crippen LogP contribution in [-0.2, 0) is 9.53 Å². The van der Waals surface area contributed by atoms with E-state index in [4.69, 9.17) is 4.74 Å². The third-order valence-corrected chi connectivity index (χ3v) is 4.17. The first-order valence-electron chi connectivity index (χ1n) is 7.43. The number of nitrogens with zero attached hydrogens (tertiary/aromatic N) is 3. The van der Waals surface area contributed by atoms with Crippen molar-refractivity contribution in [3.63, 3.8) is 0 Å². The Morgan fingerprint density at radius 1 is 1.35 bits per heavy atom. The molecule has 0 bridgehead atoms. The molecule has 2 aliphatic heterocycles. The van der Waals surface area contributed by atoms with Gasteiger partial charge in [-0.15, -0.1) is 0 Å². The fourth-order valence-corrected chi connectivity index (χ4v) is 3.05. The third kappa shape index (κ3) is 3.02. The van der Waals surface area contributed by atoms with Gasteiger partial charge in [-0.05, 0) is 25.3 Å². The predicted octanol–water partition coefficient (Wildman–Crippen LogP) is 0.795. The molecule has 0 aliphatic carbocycles. The quantitative estimate of drug-likeness (QED) is 0.888. The number of H-pyrrole nitrogens is 1. The van der Waals surface area contributed by atoms with Gasteiger partial charge in [0.2, 0.25) is 5.91 Å². The molecule has 1 aromatic rings. The Balaban J connectivity index is 1.64. The van der Waals surface area contributed by atoms with Crippen LogP contribution in [0.3, 0.4) is 0 Å². The van der Waals surface area contributed by atoms with Crippen molar-refractivity contribution in [1.29, 1.82) is 0 Å². The van der Waals surface area contributed by atoms with Gasteiger partial charge in [-0.25, -0.2) is 0 Å². The van der Waals surface area contributed by atoms with Crippen molar-refractivity contribution in [2.75, 3.05) is 39.4 Å². The van der Waals surface area contributed by atoms with Crippen molar-refractivity contribution in [1.82, 2.24) is 20.0 Å². The monoisotopic (exact) mass is 278 g/mol. The lowest BCUT2D eigenvalue weighted by molar-refractivity contribution is -0.137. The average molecular weight is 278 g/mol. The molecule has 2 aliphatic rings. The van der Waals surface area contributed by atoms with E-state index in [-0.39, 0.29) is 11.9 Å². The summed E-state index contributed by atoms with van der Waals surface area (Å²) in [6.07, 6.45) is 5.05. The minimum Gasteiger partial charge on any atom is -0.379 e. The van der Waals surface area contributed by atoms with Gasteiger partial charge in [0.25, 0.3) is 0 Å². The SMILES string of the molecule is O=C(CN1CCOCC1)N1CCCCC1c1ccn[nH]1. The normalized spacial score (nSPS) is 24.8. The Bertz CT molecular complexity index is 428. The molecule has 20 heavy (non-hydrogen) atoms. The molecule has 6 heteroatoms. The molecule has 0 spiro atoms. The van der Waals surface area contributed by atoms with E-state index >= 15 is 0 Å². The second-order valence-corrected chi connectivity index (χ2v) is 5.50. The summed E-state index contributed by atoms with van der Waals surface area (Å²) >= 11 is 0. The molecule has 1 atom stereocenters. The van der Waals surface area contributed by atoms with E-state index in [9.17, 15) is 4.79 Å². The van der Waals surface area contributed by atoms with Crippen LogP contribution >= 0.6 is 0 Å². The molecule has 0 aromatic carbocycles. The van der Waals surface area contributed by atoms with Crippen LogP contribution in [0, 0.1) is 0 Å². The van der Waals surface area contributed by atoms with E-state index in [1.807, 2.05) is 11.0 Å². The Morgan fingerprint density at radius 3 is 2.95 bits per heavy atom. The zero-order valence-electron chi connectivity index (χ0n) is 11.8. The number of hydrogen-bond acceptors (Lipinski definition) is 4. The van der Waals surface area contributed by atoms with E-state index in [1.165, 1.54) is 6.42 Å². The predicted molar refractivity (Wildman–Crippen MR) is 74.2 cm³/mol. The molecule has 0 saturated carbocycles. The molecule has 3 heterocycles. The van der Waals surface area contributed by atoms with Gasteiger partial charge in [0, 0.05) is 25.8 Å². The van der Waals surface area contributed by atoms with E-state index in [0.29, 0.717) is 6.54 Å². The van der Waals surface area contributed by atoms with Gasteiger partial charge in [-0.3, -0.25) is 14.8 Å². The van der Waals surface area contributed by atoms with Crippen molar-refractivity contribution >= 4 is 5.91 Å². The highest BCUT2D eigenvalue weighted by molar-refractivity contribution is 5.78. The second-order valence-electron chi connectivity index (χ2n) is 5.50. The van der Waals surface area contributed by atoms with Crippen LogP contribution in [0.1, 0.15) is 31.0 Å². The number of likely N-dealkylation sites (tertiary alicyclic amines) is 1. The lowest BCUT2D eigenvalue weighted by Gasteiger charge is -2.37. The van der Waals surface area contributed by atoms with Gasteiger partial charge in [0.05, 0.1) is 31.5 Å². The summed E-state index contributed by atoms with van der Waals surface area (Å²) in [5.41, 5.74) is 1.06. The van der Waals surface area contributed by atoms with E-state index in [2.05, 4.69) is 15.1 Å². The molecular formula is C14H22N4O2. The van der Waals surface area contributed by atoms with Gasteiger partial charge >= 0.3 is 0 Å². The molecule has 0 radical (unpaired) electrons. The van der Waals surface area contributed by atoms with Crippen LogP contribution in [0.25, 0.3) is 0 Å². The number of carbonyl (C=O) groups excluding carboxylic acids is 1. The summed E-state index contributed by atoms with van der Waals surface area (Å²) in [5.74, 6) is 0.228. The Kier molecular flexibility index (Phi) is 4.32. The van der Waals surface area contributed by atoms with E-state index in [1.54, 1.807) is 6.20 Å². The molecule has 110 valence electrons. The summed E-state index contributed by atoms with van der Waals surface area (Å²) in [4.78, 5) is 16.8. The van der Waals surface area contributed by atoms with Crippen molar-refractivity contribution in [3.8, 4) is 0 Å². The molecule has 2 fully saturated rings. The standard InChI is InChI=1S/C14H22N4O2/c19-14(11-17-7-9-20-10-8-17)18-6-2-1-3-13(18)12-4-5-15-16-12/h4-5,13H,1-3,6-11H2,(H,15,16). The average Bonchev–Trinajstić information content (AvgIpc) is 3.02. The maximum absolute atomic E-state index is 12.6. The van der Waals surface area contributed by atoms with Crippen LogP contribution in [0.4, 0.5) is 0 Å². The highest BCUT2D eigenvalue weighted by Crippen LogP contribution is 2.29. The first kappa shape index (κ1) is 13.6. The zero-order chi connectivity index (χ0) is 13.8. The number of morpholine rings is 1. The number of piperidine rings is 1. The number of carbonyl (C=O) groups is 1. The number of ether oxygens (including phenoxy) is 1. The number of rotatable bonds is 3. The molecular weight excluding hydrogens is 256 g/mol. The molecule has 6 nitrogen and oxygen atoms in total. The second kappa shape index (κ2) is 6.37. The van der Waals surface area contributed by atoms with Crippen molar-refractivity contribution in [3.05, 3.63) is 18.0 Å². The fraction of sp³-hybridized carbons (Fsp3) is 0.714. The van der Waals surface area contributed by atoms with E-state index < -0.39 is 0 Å². The Labute approximate surface area is 119 Å². The summed E-state index contributed by atoms with van der Waals surface area (Å²) in [5, 5.41) is 7.03. The minimum atomic E-state index is 0.166. The van der Waals surface area contributed by atoms with Crippen LogP contribution in [-0.4, -0.2) is 65.3 Å². The number of aromatic amines is 1. The highest BCUT2D eigenvalue weighted by Gasteiger charge is 2.29. The lowest BCUT2D eigenvalue weighted by atomic mass is 9.99. The number of nitrogens with one attached hydrogen (secondary N) is 1. The molecule has 1 aromatic heterocycles. The Morgan fingerprint density at radius 2 is 2.20 bits per heavy atom. The molecule has 1 unspecified atom stereocenters. The smallest absolute Gasteiger partial charge is 0.237 e. The van der Waals surface area contributed by atoms with Crippen LogP contribution in [0.5, 0.6) is 0 Å². The molecule has 3 rings (SSSR count). The maximum Gasteiger partial charge on any atom is 0.237 e. The number of amides is 1. The topological polar surface area (TPSA) is 61.5 Å². The van der Waals surface area contributed by atoms with Gasteiger partial charge in [-0.2, -0.15) is 5.10 Å². The number of hydrogen-bond donors (Lipinski definition) is 1. The summed E-state index contributed by atoms with van der Waals surface area (Å²) in [6.45, 7) is 4.54. The highest BCUT2D eigenvalue weighted by atomic mass is 16.5. The van der Waals surface area contributed by atoms with Crippen LogP contribution in [0.15, 0.2) is 12.3 Å². The van der Waals surface area contributed by atoms with Gasteiger partial charge in [0.1, 0.15) is 0 Å². The summed E-state index contributed by atoms with van der Waals surface area (Å²) in [7, 11) is 0. The van der Waals surface area contributed by atoms with E-state index in [0.717, 1.165) is 51.4 Å². The number of aromatic nitrogens is 2. The van der Waals surface area contributed by atoms with Gasteiger partial charge in [0.15, 0.2) is 0 Å². The van der Waals surface area contributed by atoms with Crippen LogP contribution < -0.4 is 0 Å². The summed E-state index contributed by atoms with van der Waals surface area (Å²) in [6, 6.07) is 2.14. The van der Waals surface area contributed by atoms with Crippen molar-refractivity contribution in [2.45, 2.75) is 25.3 Å². The fourth-order valence-electron chi connectivity index (χ4n) is 3.05. The van der Waals surface area contributed by atoms with Crippen molar-refractivity contribution in [2.24, 2.45) is 0 Å². The summed E-state index contributed by atoms with van der Waals surface area (Å²) < 4.78 is 5.33. The zero-order valence-corrected chi connectivity index (χ0v) is 11.8. The Hall–Kier alpha value is -1.40. The van der Waals surface area contributed by atoms with Crippen LogP contribution in [0.2, 0.25) is 0 Å². The maximum atomic E-state index is 12.6. The first-order chi connectivity index (χ1) is 9.84. The third-order valence-electron chi connectivity index (χ3n) is 4.17. The van der Waals surface area contributed by atoms with Gasteiger partial charge in [-0.1, -0.05) is 0 Å². The molecule has 1 N–H and O–H groups in total. The molecule has 1 amide bonds. The lowest BCUT2D eigenvalue weighted by Crippen LogP contribution is -2.47. The van der Waals surface area contributed by atoms with Gasteiger partial charge < -0.3 is 9.64 Å². The minimum absolute atomic E-state index is 0.166. The first-order valence-corrected chi connectivity index (χ1v) is 7.43. The largest absolute Gasteiger partial charge is 0.379 e. The molecule has 2 saturated heterocycles.